The van der Waals surface area contributed by atoms with Crippen LogP contribution in [0.5, 0.6) is 23.0 Å². The van der Waals surface area contributed by atoms with Crippen molar-refractivity contribution in [1.29, 1.82) is 0 Å². The van der Waals surface area contributed by atoms with Crippen LogP contribution in [-0.4, -0.2) is 81.4 Å². The highest BCUT2D eigenvalue weighted by Crippen LogP contribution is 2.62. The number of aromatic hydroxyl groups is 1. The Hall–Kier alpha value is -6.02. The SMILES string of the molecule is COc1ccc([C@@]23C(=O)N(Nc4ccc(Cl)cc4Cl)C(=O)[C@@H]2C[C@@H]2C(=CC[C@@H]4C(=O)N(c5ccc(N6CCOCC6)cc5)C(=O)[C@@H]42)[C@@H]3C=Cc2cc(OC)c(O)c(OC)c2)cc1. The van der Waals surface area contributed by atoms with Gasteiger partial charge in [0.15, 0.2) is 11.5 Å². The van der Waals surface area contributed by atoms with Gasteiger partial charge in [-0.1, -0.05) is 59.1 Å². The van der Waals surface area contributed by atoms with Crippen molar-refractivity contribution < 1.29 is 43.2 Å². The average molecular weight is 880 g/mol. The molecule has 2 aliphatic carbocycles. The standard InChI is InChI=1S/C47H44Cl2N4O9/c1-59-31-12-5-27(6-13-31)47-35(16-4-26-22-39(60-2)42(54)40(23-26)61-3)32-14-15-33-41(45(57)52(43(33)55)30-10-8-29(9-11-30)51-18-20-62-21-19-51)34(32)25-36(47)44(56)53(46(47)58)50-38-17-7-28(48)24-37(38)49/h4-14,16-17,22-24,33-36,41,50,54H,15,18-21,25H2,1-3H3/t33-,34+,35-,36-,41-,47-/m0/s1. The first-order valence-electron chi connectivity index (χ1n) is 20.4. The van der Waals surface area contributed by atoms with Crippen LogP contribution in [-0.2, 0) is 29.3 Å². The van der Waals surface area contributed by atoms with E-state index in [1.54, 1.807) is 73.8 Å². The molecule has 62 heavy (non-hydrogen) atoms. The lowest BCUT2D eigenvalue weighted by Crippen LogP contribution is -2.54. The predicted octanol–water partition coefficient (Wildman–Crippen LogP) is 7.30. The zero-order valence-electron chi connectivity index (χ0n) is 34.2. The molecule has 13 nitrogen and oxygen atoms in total. The molecule has 1 saturated carbocycles. The van der Waals surface area contributed by atoms with Gasteiger partial charge in [0.05, 0.1) is 74.1 Å². The number of rotatable bonds is 10. The molecule has 0 aromatic heterocycles. The minimum atomic E-state index is -1.55. The van der Waals surface area contributed by atoms with E-state index in [0.29, 0.717) is 46.5 Å². The van der Waals surface area contributed by atoms with Crippen molar-refractivity contribution in [2.75, 3.05) is 62.9 Å². The molecule has 6 atom stereocenters. The number of amides is 4. The van der Waals surface area contributed by atoms with Gasteiger partial charge in [-0.3, -0.25) is 29.5 Å². The number of carbonyl (C=O) groups is 4. The van der Waals surface area contributed by atoms with Crippen LogP contribution in [0.3, 0.4) is 0 Å². The monoisotopic (exact) mass is 878 g/mol. The van der Waals surface area contributed by atoms with Crippen LogP contribution in [0.15, 0.2) is 96.6 Å². The lowest BCUT2D eigenvalue weighted by Gasteiger charge is -2.49. The molecule has 4 fully saturated rings. The van der Waals surface area contributed by atoms with E-state index in [2.05, 4.69) is 10.3 Å². The lowest BCUT2D eigenvalue weighted by atomic mass is 9.50. The minimum absolute atomic E-state index is 0.101. The van der Waals surface area contributed by atoms with Crippen LogP contribution >= 0.6 is 23.2 Å². The van der Waals surface area contributed by atoms with Gasteiger partial charge in [-0.2, -0.15) is 5.01 Å². The Morgan fingerprint density at radius 3 is 2.13 bits per heavy atom. The smallest absolute Gasteiger partial charge is 0.260 e. The maximum absolute atomic E-state index is 15.5. The predicted molar refractivity (Wildman–Crippen MR) is 234 cm³/mol. The molecule has 320 valence electrons. The average Bonchev–Trinajstić information content (AvgIpc) is 3.67. The first-order chi connectivity index (χ1) is 30.0. The van der Waals surface area contributed by atoms with Crippen molar-refractivity contribution in [3.63, 3.8) is 0 Å². The fourth-order valence-corrected chi connectivity index (χ4v) is 10.6. The van der Waals surface area contributed by atoms with Gasteiger partial charge in [-0.15, -0.1) is 0 Å². The Morgan fingerprint density at radius 1 is 0.806 bits per heavy atom. The third kappa shape index (κ3) is 6.65. The Bertz CT molecular complexity index is 2500. The number of imide groups is 2. The van der Waals surface area contributed by atoms with Crippen LogP contribution in [0, 0.1) is 29.6 Å². The Balaban J connectivity index is 1.17. The van der Waals surface area contributed by atoms with E-state index >= 15 is 9.59 Å². The van der Waals surface area contributed by atoms with E-state index < -0.39 is 46.8 Å². The number of nitrogens with one attached hydrogen (secondary N) is 1. The first kappa shape index (κ1) is 41.3. The molecule has 4 aromatic rings. The topological polar surface area (TPSA) is 147 Å². The number of anilines is 3. The molecule has 0 spiro atoms. The highest BCUT2D eigenvalue weighted by Gasteiger charge is 2.69. The van der Waals surface area contributed by atoms with Gasteiger partial charge in [0.2, 0.25) is 17.6 Å². The van der Waals surface area contributed by atoms with Gasteiger partial charge in [0.1, 0.15) is 5.75 Å². The van der Waals surface area contributed by atoms with Gasteiger partial charge in [-0.05, 0) is 96.6 Å². The molecular formula is C47H44Cl2N4O9. The summed E-state index contributed by atoms with van der Waals surface area (Å²) in [5.41, 5.74) is 5.11. The second-order valence-electron chi connectivity index (χ2n) is 16.0. The number of fused-ring (bicyclic) bond motifs is 4. The van der Waals surface area contributed by atoms with E-state index in [-0.39, 0.29) is 46.9 Å². The summed E-state index contributed by atoms with van der Waals surface area (Å²) in [4.78, 5) is 63.3. The van der Waals surface area contributed by atoms with Crippen molar-refractivity contribution in [3.8, 4) is 23.0 Å². The van der Waals surface area contributed by atoms with Crippen LogP contribution < -0.4 is 29.4 Å². The van der Waals surface area contributed by atoms with E-state index in [4.69, 9.17) is 42.1 Å². The number of methoxy groups -OCH3 is 3. The van der Waals surface area contributed by atoms with Gasteiger partial charge >= 0.3 is 0 Å². The van der Waals surface area contributed by atoms with E-state index in [1.807, 2.05) is 24.3 Å². The molecule has 0 bridgehead atoms. The number of morpholine rings is 1. The summed E-state index contributed by atoms with van der Waals surface area (Å²) in [7, 11) is 4.41. The number of phenols is 1. The maximum Gasteiger partial charge on any atom is 0.260 e. The number of ether oxygens (including phenoxy) is 4. The summed E-state index contributed by atoms with van der Waals surface area (Å²) >= 11 is 12.8. The van der Waals surface area contributed by atoms with E-state index in [9.17, 15) is 14.7 Å². The number of hydrogen-bond acceptors (Lipinski definition) is 11. The molecule has 0 unspecified atom stereocenters. The number of allylic oxidation sites excluding steroid dienone is 3. The van der Waals surface area contributed by atoms with Crippen LogP contribution in [0.4, 0.5) is 17.1 Å². The molecule has 4 aromatic carbocycles. The van der Waals surface area contributed by atoms with Crippen LogP contribution in [0.25, 0.3) is 6.08 Å². The Kier molecular flexibility index (Phi) is 10.9. The molecule has 9 rings (SSSR count). The molecule has 2 N–H and O–H groups in total. The fourth-order valence-electron chi connectivity index (χ4n) is 10.2. The van der Waals surface area contributed by atoms with Crippen molar-refractivity contribution in [2.24, 2.45) is 29.6 Å². The zero-order valence-corrected chi connectivity index (χ0v) is 35.7. The van der Waals surface area contributed by atoms with E-state index in [0.717, 1.165) is 29.4 Å². The summed E-state index contributed by atoms with van der Waals surface area (Å²) in [5, 5.41) is 12.3. The van der Waals surface area contributed by atoms with Crippen molar-refractivity contribution in [2.45, 2.75) is 18.3 Å². The number of carbonyl (C=O) groups excluding carboxylic acids is 4. The van der Waals surface area contributed by atoms with Gasteiger partial charge in [0.25, 0.3) is 11.8 Å². The molecule has 3 saturated heterocycles. The molecule has 0 radical (unpaired) electrons. The third-order valence-corrected chi connectivity index (χ3v) is 13.7. The summed E-state index contributed by atoms with van der Waals surface area (Å²) in [5.74, 6) is -4.86. The molecule has 15 heteroatoms. The second kappa shape index (κ2) is 16.4. The van der Waals surface area contributed by atoms with Crippen molar-refractivity contribution in [3.05, 3.63) is 118 Å². The molecular weight excluding hydrogens is 835 g/mol. The number of benzene rings is 4. The van der Waals surface area contributed by atoms with Crippen molar-refractivity contribution >= 4 is 70.0 Å². The largest absolute Gasteiger partial charge is 0.502 e. The molecule has 3 heterocycles. The second-order valence-corrected chi connectivity index (χ2v) is 16.9. The van der Waals surface area contributed by atoms with Crippen LogP contribution in [0.1, 0.15) is 24.0 Å². The van der Waals surface area contributed by atoms with Gasteiger partial charge in [0, 0.05) is 29.7 Å². The number of nitrogens with zero attached hydrogens (tertiary/aromatic N) is 3. The quantitative estimate of drug-likeness (QED) is 0.122. The lowest BCUT2D eigenvalue weighted by molar-refractivity contribution is -0.139. The fraction of sp³-hybridized carbons (Fsp3) is 0.319. The normalized spacial score (nSPS) is 25.7. The first-order valence-corrected chi connectivity index (χ1v) is 21.1. The zero-order chi connectivity index (χ0) is 43.4. The Morgan fingerprint density at radius 2 is 1.48 bits per heavy atom. The van der Waals surface area contributed by atoms with Gasteiger partial charge in [-0.25, -0.2) is 0 Å². The number of hydrazine groups is 1. The number of hydrogen-bond donors (Lipinski definition) is 2. The molecule has 4 amide bonds. The minimum Gasteiger partial charge on any atom is -0.502 e. The van der Waals surface area contributed by atoms with Crippen molar-refractivity contribution in [1.82, 2.24) is 5.01 Å². The number of phenolic OH excluding ortho intramolecular Hbond substituents is 1. The summed E-state index contributed by atoms with van der Waals surface area (Å²) in [6, 6.07) is 22.5. The maximum atomic E-state index is 15.5. The summed E-state index contributed by atoms with van der Waals surface area (Å²) in [6.07, 6.45) is 6.00. The summed E-state index contributed by atoms with van der Waals surface area (Å²) < 4.78 is 21.9. The Labute approximate surface area is 368 Å². The molecule has 3 aliphatic heterocycles. The third-order valence-electron chi connectivity index (χ3n) is 13.1. The molecule has 5 aliphatic rings. The summed E-state index contributed by atoms with van der Waals surface area (Å²) in [6.45, 7) is 2.72. The van der Waals surface area contributed by atoms with E-state index in [1.165, 1.54) is 25.2 Å². The number of halogens is 2. The highest BCUT2D eigenvalue weighted by atomic mass is 35.5. The highest BCUT2D eigenvalue weighted by molar-refractivity contribution is 6.36. The van der Waals surface area contributed by atoms with Gasteiger partial charge < -0.3 is 29.0 Å². The van der Waals surface area contributed by atoms with Crippen LogP contribution in [0.2, 0.25) is 10.0 Å².